The number of para-hydroxylation sites is 2. The van der Waals surface area contributed by atoms with Crippen LogP contribution in [0.1, 0.15) is 24.0 Å². The van der Waals surface area contributed by atoms with E-state index in [2.05, 4.69) is 31.0 Å². The number of anilines is 4. The highest BCUT2D eigenvalue weighted by molar-refractivity contribution is 6.33. The van der Waals surface area contributed by atoms with Gasteiger partial charge in [0.2, 0.25) is 5.95 Å². The lowest BCUT2D eigenvalue weighted by Gasteiger charge is -2.17. The van der Waals surface area contributed by atoms with Crippen LogP contribution < -0.4 is 20.7 Å². The summed E-state index contributed by atoms with van der Waals surface area (Å²) in [6, 6.07) is 13.6. The zero-order valence-corrected chi connectivity index (χ0v) is 21.6. The molecule has 0 aliphatic heterocycles. The van der Waals surface area contributed by atoms with Crippen molar-refractivity contribution in [1.29, 1.82) is 0 Å². The number of rotatable bonds is 9. The van der Waals surface area contributed by atoms with Gasteiger partial charge < -0.3 is 20.7 Å². The second-order valence-electron chi connectivity index (χ2n) is 8.97. The maximum absolute atomic E-state index is 12.7. The van der Waals surface area contributed by atoms with Crippen molar-refractivity contribution in [2.45, 2.75) is 38.2 Å². The molecule has 0 saturated heterocycles. The molecule has 1 aliphatic rings. The van der Waals surface area contributed by atoms with Gasteiger partial charge in [0.1, 0.15) is 10.8 Å². The molecule has 0 radical (unpaired) electrons. The third kappa shape index (κ3) is 5.87. The monoisotopic (exact) mass is 539 g/mol. The Kier molecular flexibility index (Phi) is 8.00. The standard InChI is InChI=1S/C27H28ClF2N7O/c1-38-25-19-11-10-18(31-16-24(29)30)9-7-17(19)8-12-22(25)35-27-32-15-20(28)26(36-27)34-21-5-2-3-6-23(21)37-14-4-13-33-37/h2-6,8,12-15,18,24,31H,7,9-11,16H2,1H3,(H2,32,34,35,36). The number of methoxy groups -OCH3 is 1. The number of fused-ring (bicyclic) bond motifs is 1. The van der Waals surface area contributed by atoms with Crippen LogP contribution in [0.2, 0.25) is 5.02 Å². The van der Waals surface area contributed by atoms with E-state index in [1.54, 1.807) is 18.0 Å². The summed E-state index contributed by atoms with van der Waals surface area (Å²) in [7, 11) is 1.63. The first-order chi connectivity index (χ1) is 18.5. The first-order valence-electron chi connectivity index (χ1n) is 12.4. The van der Waals surface area contributed by atoms with Gasteiger partial charge in [-0.15, -0.1) is 0 Å². The van der Waals surface area contributed by atoms with Gasteiger partial charge in [-0.1, -0.05) is 29.8 Å². The summed E-state index contributed by atoms with van der Waals surface area (Å²) in [5.74, 6) is 1.48. The van der Waals surface area contributed by atoms with Gasteiger partial charge in [-0.2, -0.15) is 10.1 Å². The first kappa shape index (κ1) is 25.9. The maximum Gasteiger partial charge on any atom is 0.250 e. The van der Waals surface area contributed by atoms with Crippen LogP contribution in [0.5, 0.6) is 5.75 Å². The van der Waals surface area contributed by atoms with Gasteiger partial charge in [0.15, 0.2) is 5.82 Å². The Hall–Kier alpha value is -3.76. The van der Waals surface area contributed by atoms with Crippen molar-refractivity contribution in [3.8, 4) is 11.4 Å². The predicted molar refractivity (Wildman–Crippen MR) is 145 cm³/mol. The second-order valence-corrected chi connectivity index (χ2v) is 9.37. The molecular weight excluding hydrogens is 512 g/mol. The topological polar surface area (TPSA) is 88.9 Å². The Morgan fingerprint density at radius 2 is 1.92 bits per heavy atom. The number of nitrogens with zero attached hydrogens (tertiary/aromatic N) is 4. The van der Waals surface area contributed by atoms with Crippen LogP contribution in [-0.2, 0) is 12.8 Å². The summed E-state index contributed by atoms with van der Waals surface area (Å²) in [6.07, 6.45) is 5.79. The van der Waals surface area contributed by atoms with Crippen LogP contribution in [0.25, 0.3) is 5.69 Å². The third-order valence-corrected chi connectivity index (χ3v) is 6.80. The van der Waals surface area contributed by atoms with Gasteiger partial charge in [0.25, 0.3) is 6.43 Å². The third-order valence-electron chi connectivity index (χ3n) is 6.53. The minimum atomic E-state index is -2.36. The molecule has 0 bridgehead atoms. The molecule has 0 saturated carbocycles. The minimum absolute atomic E-state index is 0.0374. The van der Waals surface area contributed by atoms with Gasteiger partial charge in [0, 0.05) is 18.4 Å². The lowest BCUT2D eigenvalue weighted by atomic mass is 10.0. The van der Waals surface area contributed by atoms with Gasteiger partial charge in [0.05, 0.1) is 36.9 Å². The van der Waals surface area contributed by atoms with Gasteiger partial charge in [-0.25, -0.2) is 18.4 Å². The molecule has 38 heavy (non-hydrogen) atoms. The summed E-state index contributed by atoms with van der Waals surface area (Å²) >= 11 is 6.44. The highest BCUT2D eigenvalue weighted by atomic mass is 35.5. The first-order valence-corrected chi connectivity index (χ1v) is 12.8. The Bertz CT molecular complexity index is 1380. The number of hydrogen-bond donors (Lipinski definition) is 3. The number of alkyl halides is 2. The second kappa shape index (κ2) is 11.7. The number of aromatic nitrogens is 4. The van der Waals surface area contributed by atoms with E-state index in [0.29, 0.717) is 29.0 Å². The SMILES string of the molecule is COc1c(Nc2ncc(Cl)c(Nc3ccccc3-n3cccn3)n2)ccc2c1CCC(NCC(F)F)CC2. The summed E-state index contributed by atoms with van der Waals surface area (Å²) in [6.45, 7) is -0.290. The van der Waals surface area contributed by atoms with E-state index >= 15 is 0 Å². The predicted octanol–water partition coefficient (Wildman–Crippen LogP) is 5.91. The maximum atomic E-state index is 12.7. The molecule has 2 aromatic carbocycles. The summed E-state index contributed by atoms with van der Waals surface area (Å²) < 4.78 is 32.9. The Morgan fingerprint density at radius 1 is 1.08 bits per heavy atom. The lowest BCUT2D eigenvalue weighted by molar-refractivity contribution is 0.140. The molecule has 0 amide bonds. The molecule has 8 nitrogen and oxygen atoms in total. The van der Waals surface area contributed by atoms with Crippen LogP contribution in [0, 0.1) is 0 Å². The van der Waals surface area contributed by atoms with Crippen LogP contribution in [-0.4, -0.2) is 45.9 Å². The number of ether oxygens (including phenoxy) is 1. The summed E-state index contributed by atoms with van der Waals surface area (Å²) in [4.78, 5) is 8.97. The van der Waals surface area contributed by atoms with Crippen molar-refractivity contribution in [1.82, 2.24) is 25.1 Å². The average molecular weight is 540 g/mol. The fourth-order valence-electron chi connectivity index (χ4n) is 4.71. The quantitative estimate of drug-likeness (QED) is 0.228. The van der Waals surface area contributed by atoms with E-state index in [1.165, 1.54) is 6.20 Å². The number of hydrogen-bond acceptors (Lipinski definition) is 7. The number of nitrogens with one attached hydrogen (secondary N) is 3. The van der Waals surface area contributed by atoms with Crippen molar-refractivity contribution in [3.63, 3.8) is 0 Å². The smallest absolute Gasteiger partial charge is 0.250 e. The Balaban J connectivity index is 1.37. The molecular formula is C27H28ClF2N7O. The normalized spacial score (nSPS) is 15.1. The zero-order chi connectivity index (χ0) is 26.5. The van der Waals surface area contributed by atoms with Gasteiger partial charge in [-0.05, 0) is 61.1 Å². The number of halogens is 3. The molecule has 198 valence electrons. The zero-order valence-electron chi connectivity index (χ0n) is 20.8. The molecule has 1 aliphatic carbocycles. The van der Waals surface area contributed by atoms with Crippen molar-refractivity contribution < 1.29 is 13.5 Å². The Labute approximate surface area is 224 Å². The molecule has 2 heterocycles. The summed E-state index contributed by atoms with van der Waals surface area (Å²) in [5, 5.41) is 14.2. The summed E-state index contributed by atoms with van der Waals surface area (Å²) in [5.41, 5.74) is 4.56. The van der Waals surface area contributed by atoms with Crippen molar-refractivity contribution >= 4 is 34.7 Å². The van der Waals surface area contributed by atoms with Crippen LogP contribution >= 0.6 is 11.6 Å². The minimum Gasteiger partial charge on any atom is -0.494 e. The molecule has 11 heteroatoms. The molecule has 4 aromatic rings. The average Bonchev–Trinajstić information content (AvgIpc) is 3.37. The Morgan fingerprint density at radius 3 is 2.71 bits per heavy atom. The number of aryl methyl sites for hydroxylation is 1. The van der Waals surface area contributed by atoms with E-state index in [9.17, 15) is 8.78 Å². The molecule has 0 spiro atoms. The van der Waals surface area contributed by atoms with E-state index in [-0.39, 0.29) is 12.6 Å². The van der Waals surface area contributed by atoms with Crippen molar-refractivity contribution in [2.75, 3.05) is 24.3 Å². The lowest BCUT2D eigenvalue weighted by Crippen LogP contribution is -2.33. The molecule has 5 rings (SSSR count). The van der Waals surface area contributed by atoms with Crippen LogP contribution in [0.4, 0.5) is 31.9 Å². The van der Waals surface area contributed by atoms with Gasteiger partial charge >= 0.3 is 0 Å². The van der Waals surface area contributed by atoms with Crippen LogP contribution in [0.3, 0.4) is 0 Å². The van der Waals surface area contributed by atoms with Crippen LogP contribution in [0.15, 0.2) is 61.1 Å². The highest BCUT2D eigenvalue weighted by Gasteiger charge is 2.22. The molecule has 0 fully saturated rings. The van der Waals surface area contributed by atoms with Crippen molar-refractivity contribution in [2.24, 2.45) is 0 Å². The van der Waals surface area contributed by atoms with Crippen molar-refractivity contribution in [3.05, 3.63) is 77.2 Å². The number of benzene rings is 2. The fourth-order valence-corrected chi connectivity index (χ4v) is 4.85. The van der Waals surface area contributed by atoms with E-state index in [0.717, 1.165) is 47.5 Å². The highest BCUT2D eigenvalue weighted by Crippen LogP contribution is 2.37. The van der Waals surface area contributed by atoms with E-state index in [4.69, 9.17) is 16.3 Å². The fraction of sp³-hybridized carbons (Fsp3) is 0.296. The molecule has 3 N–H and O–H groups in total. The molecule has 2 aromatic heterocycles. The van der Waals surface area contributed by atoms with E-state index < -0.39 is 6.43 Å². The largest absolute Gasteiger partial charge is 0.494 e. The van der Waals surface area contributed by atoms with E-state index in [1.807, 2.05) is 48.7 Å². The molecule has 1 unspecified atom stereocenters. The molecule has 1 atom stereocenters. The van der Waals surface area contributed by atoms with Gasteiger partial charge in [-0.3, -0.25) is 0 Å².